The molecule has 1 amide bonds. The topological polar surface area (TPSA) is 58.4 Å². The minimum atomic E-state index is -0.0222. The van der Waals surface area contributed by atoms with E-state index in [1.54, 1.807) is 19.0 Å². The molecule has 1 unspecified atom stereocenters. The molecule has 0 saturated heterocycles. The van der Waals surface area contributed by atoms with E-state index in [0.717, 1.165) is 11.3 Å². The van der Waals surface area contributed by atoms with E-state index in [2.05, 4.69) is 5.32 Å². The van der Waals surface area contributed by atoms with Crippen LogP contribution in [-0.2, 0) is 4.79 Å². The lowest BCUT2D eigenvalue weighted by Gasteiger charge is -2.20. The van der Waals surface area contributed by atoms with Gasteiger partial charge >= 0.3 is 0 Å². The molecule has 1 aromatic rings. The highest BCUT2D eigenvalue weighted by Crippen LogP contribution is 2.15. The van der Waals surface area contributed by atoms with E-state index >= 15 is 0 Å². The quantitative estimate of drug-likeness (QED) is 0.806. The van der Waals surface area contributed by atoms with Gasteiger partial charge in [0.15, 0.2) is 0 Å². The Bertz CT molecular complexity index is 377. The Hall–Kier alpha value is -1.55. The first kappa shape index (κ1) is 13.5. The number of benzene rings is 1. The van der Waals surface area contributed by atoms with Gasteiger partial charge in [-0.05, 0) is 18.6 Å². The van der Waals surface area contributed by atoms with Crippen LogP contribution in [0.4, 0.5) is 5.69 Å². The van der Waals surface area contributed by atoms with Crippen molar-refractivity contribution < 1.29 is 4.79 Å². The van der Waals surface area contributed by atoms with Crippen LogP contribution < -0.4 is 11.1 Å². The number of carbonyl (C=O) groups is 1. The van der Waals surface area contributed by atoms with E-state index in [9.17, 15) is 4.79 Å². The van der Waals surface area contributed by atoms with Gasteiger partial charge in [-0.2, -0.15) is 0 Å². The summed E-state index contributed by atoms with van der Waals surface area (Å²) in [6.45, 7) is 2.47. The van der Waals surface area contributed by atoms with Gasteiger partial charge in [-0.3, -0.25) is 4.79 Å². The van der Waals surface area contributed by atoms with Gasteiger partial charge in [0.2, 0.25) is 5.91 Å². The first-order valence-electron chi connectivity index (χ1n) is 5.77. The monoisotopic (exact) mass is 235 g/mol. The van der Waals surface area contributed by atoms with Crippen molar-refractivity contribution >= 4 is 11.6 Å². The fourth-order valence-corrected chi connectivity index (χ4v) is 1.54. The number of nitrogens with two attached hydrogens (primary N) is 1. The SMILES string of the molecule is Cc1ccccc1NC(CN)CC(=O)N(C)C. The fraction of sp³-hybridized carbons (Fsp3) is 0.462. The Balaban J connectivity index is 2.64. The van der Waals surface area contributed by atoms with E-state index in [1.165, 1.54) is 0 Å². The van der Waals surface area contributed by atoms with E-state index in [4.69, 9.17) is 5.73 Å². The molecule has 0 aromatic heterocycles. The molecule has 4 nitrogen and oxygen atoms in total. The van der Waals surface area contributed by atoms with E-state index < -0.39 is 0 Å². The second-order valence-corrected chi connectivity index (χ2v) is 4.38. The summed E-state index contributed by atoms with van der Waals surface area (Å²) >= 11 is 0. The van der Waals surface area contributed by atoms with E-state index in [1.807, 2.05) is 31.2 Å². The summed E-state index contributed by atoms with van der Waals surface area (Å²) in [6, 6.07) is 7.97. The van der Waals surface area contributed by atoms with Gasteiger partial charge in [0, 0.05) is 38.8 Å². The van der Waals surface area contributed by atoms with Gasteiger partial charge in [0.1, 0.15) is 0 Å². The number of carbonyl (C=O) groups excluding carboxylic acids is 1. The maximum absolute atomic E-state index is 11.6. The van der Waals surface area contributed by atoms with Crippen LogP contribution >= 0.6 is 0 Å². The summed E-state index contributed by atoms with van der Waals surface area (Å²) in [5.74, 6) is 0.0848. The predicted octanol–water partition coefficient (Wildman–Crippen LogP) is 1.21. The number of nitrogens with zero attached hydrogens (tertiary/aromatic N) is 1. The molecule has 0 saturated carbocycles. The highest BCUT2D eigenvalue weighted by atomic mass is 16.2. The lowest BCUT2D eigenvalue weighted by Crippen LogP contribution is -2.35. The van der Waals surface area contributed by atoms with Gasteiger partial charge < -0.3 is 16.0 Å². The van der Waals surface area contributed by atoms with Gasteiger partial charge in [-0.25, -0.2) is 0 Å². The van der Waals surface area contributed by atoms with Crippen molar-refractivity contribution in [2.45, 2.75) is 19.4 Å². The molecule has 1 rings (SSSR count). The smallest absolute Gasteiger partial charge is 0.224 e. The maximum atomic E-state index is 11.6. The van der Waals surface area contributed by atoms with Crippen molar-refractivity contribution in [3.8, 4) is 0 Å². The number of amides is 1. The first-order valence-corrected chi connectivity index (χ1v) is 5.77. The van der Waals surface area contributed by atoms with Crippen LogP contribution in [0.1, 0.15) is 12.0 Å². The molecule has 0 aliphatic rings. The predicted molar refractivity (Wildman–Crippen MR) is 71.0 cm³/mol. The van der Waals surface area contributed by atoms with Crippen LogP contribution in [0.25, 0.3) is 0 Å². The van der Waals surface area contributed by atoms with Crippen LogP contribution in [-0.4, -0.2) is 37.5 Å². The van der Waals surface area contributed by atoms with Gasteiger partial charge in [0.05, 0.1) is 0 Å². The molecule has 0 aliphatic carbocycles. The molecule has 0 spiro atoms. The summed E-state index contributed by atoms with van der Waals surface area (Å²) in [5.41, 5.74) is 7.88. The van der Waals surface area contributed by atoms with Crippen LogP contribution in [0.3, 0.4) is 0 Å². The molecule has 17 heavy (non-hydrogen) atoms. The third-order valence-corrected chi connectivity index (χ3v) is 2.71. The Labute approximate surface area is 103 Å². The van der Waals surface area contributed by atoms with Crippen LogP contribution in [0, 0.1) is 6.92 Å². The molecule has 3 N–H and O–H groups in total. The minimum absolute atomic E-state index is 0.0222. The van der Waals surface area contributed by atoms with Crippen molar-refractivity contribution in [1.82, 2.24) is 4.90 Å². The standard InChI is InChI=1S/C13H21N3O/c1-10-6-4-5-7-12(10)15-11(9-14)8-13(17)16(2)3/h4-7,11,15H,8-9,14H2,1-3H3. The van der Waals surface area contributed by atoms with Crippen molar-refractivity contribution in [3.05, 3.63) is 29.8 Å². The van der Waals surface area contributed by atoms with Crippen LogP contribution in [0.2, 0.25) is 0 Å². The average molecular weight is 235 g/mol. The van der Waals surface area contributed by atoms with Crippen molar-refractivity contribution in [2.75, 3.05) is 26.0 Å². The number of hydrogen-bond donors (Lipinski definition) is 2. The summed E-state index contributed by atoms with van der Waals surface area (Å²) in [7, 11) is 3.51. The molecule has 0 radical (unpaired) electrons. The Morgan fingerprint density at radius 3 is 2.59 bits per heavy atom. The molecule has 1 aromatic carbocycles. The van der Waals surface area contributed by atoms with Crippen molar-refractivity contribution in [3.63, 3.8) is 0 Å². The summed E-state index contributed by atoms with van der Waals surface area (Å²) in [4.78, 5) is 13.2. The first-order chi connectivity index (χ1) is 8.04. The Morgan fingerprint density at radius 1 is 1.41 bits per heavy atom. The molecule has 0 bridgehead atoms. The summed E-state index contributed by atoms with van der Waals surface area (Å²) < 4.78 is 0. The fourth-order valence-electron chi connectivity index (χ4n) is 1.54. The van der Waals surface area contributed by atoms with Crippen molar-refractivity contribution in [2.24, 2.45) is 5.73 Å². The number of aryl methyl sites for hydroxylation is 1. The Morgan fingerprint density at radius 2 is 2.06 bits per heavy atom. The van der Waals surface area contributed by atoms with Crippen molar-refractivity contribution in [1.29, 1.82) is 0 Å². The Kier molecular flexibility index (Phi) is 4.97. The van der Waals surface area contributed by atoms with E-state index in [-0.39, 0.29) is 11.9 Å². The maximum Gasteiger partial charge on any atom is 0.224 e. The zero-order valence-electron chi connectivity index (χ0n) is 10.7. The number of rotatable bonds is 5. The highest BCUT2D eigenvalue weighted by molar-refractivity contribution is 5.76. The molecular weight excluding hydrogens is 214 g/mol. The van der Waals surface area contributed by atoms with E-state index in [0.29, 0.717) is 13.0 Å². The van der Waals surface area contributed by atoms with Crippen LogP contribution in [0.5, 0.6) is 0 Å². The van der Waals surface area contributed by atoms with Crippen LogP contribution in [0.15, 0.2) is 24.3 Å². The number of para-hydroxylation sites is 1. The minimum Gasteiger partial charge on any atom is -0.380 e. The average Bonchev–Trinajstić information content (AvgIpc) is 2.30. The molecule has 0 fully saturated rings. The number of anilines is 1. The molecule has 0 heterocycles. The normalized spacial score (nSPS) is 12.0. The second-order valence-electron chi connectivity index (χ2n) is 4.38. The molecule has 0 aliphatic heterocycles. The second kappa shape index (κ2) is 6.25. The molecule has 1 atom stereocenters. The van der Waals surface area contributed by atoms with Gasteiger partial charge in [-0.1, -0.05) is 18.2 Å². The number of hydrogen-bond acceptors (Lipinski definition) is 3. The third kappa shape index (κ3) is 4.07. The zero-order chi connectivity index (χ0) is 12.8. The largest absolute Gasteiger partial charge is 0.380 e. The highest BCUT2D eigenvalue weighted by Gasteiger charge is 2.14. The number of nitrogens with one attached hydrogen (secondary N) is 1. The summed E-state index contributed by atoms with van der Waals surface area (Å²) in [6.07, 6.45) is 0.415. The van der Waals surface area contributed by atoms with Gasteiger partial charge in [-0.15, -0.1) is 0 Å². The molecule has 94 valence electrons. The molecular formula is C13H21N3O. The lowest BCUT2D eigenvalue weighted by atomic mass is 10.1. The summed E-state index contributed by atoms with van der Waals surface area (Å²) in [5, 5.41) is 3.31. The lowest BCUT2D eigenvalue weighted by molar-refractivity contribution is -0.128. The van der Waals surface area contributed by atoms with Gasteiger partial charge in [0.25, 0.3) is 0 Å². The third-order valence-electron chi connectivity index (χ3n) is 2.71. The zero-order valence-corrected chi connectivity index (χ0v) is 10.7. The molecule has 4 heteroatoms.